The molecular weight excluding hydrogens is 216 g/mol. The monoisotopic (exact) mass is 230 g/mol. The van der Waals surface area contributed by atoms with Crippen LogP contribution in [-0.4, -0.2) is 38.7 Å². The van der Waals surface area contributed by atoms with Gasteiger partial charge in [0.2, 0.25) is 0 Å². The van der Waals surface area contributed by atoms with Crippen LogP contribution >= 0.6 is 0 Å². The topological polar surface area (TPSA) is 67.1 Å². The molecule has 0 spiro atoms. The zero-order valence-electron chi connectivity index (χ0n) is 9.59. The predicted molar refractivity (Wildman–Crippen MR) is 62.8 cm³/mol. The Morgan fingerprint density at radius 2 is 2.24 bits per heavy atom. The summed E-state index contributed by atoms with van der Waals surface area (Å²) in [6.45, 7) is 4.24. The van der Waals surface area contributed by atoms with E-state index in [2.05, 4.69) is 25.7 Å². The molecule has 88 valence electrons. The van der Waals surface area contributed by atoms with Crippen LogP contribution < -0.4 is 10.6 Å². The van der Waals surface area contributed by atoms with E-state index in [1.807, 2.05) is 13.0 Å². The van der Waals surface area contributed by atoms with Gasteiger partial charge in [-0.2, -0.15) is 14.6 Å². The maximum Gasteiger partial charge on any atom is 0.254 e. The lowest BCUT2D eigenvalue weighted by atomic mass is 10.4. The highest BCUT2D eigenvalue weighted by atomic mass is 15.4. The molecule has 6 nitrogen and oxygen atoms in total. The minimum Gasteiger partial charge on any atom is -0.366 e. The van der Waals surface area contributed by atoms with Crippen LogP contribution in [0.15, 0.2) is 12.4 Å². The van der Waals surface area contributed by atoms with E-state index in [-0.39, 0.29) is 0 Å². The molecule has 1 saturated heterocycles. The Morgan fingerprint density at radius 3 is 3.06 bits per heavy atom. The maximum atomic E-state index is 4.33. The van der Waals surface area contributed by atoms with Crippen molar-refractivity contribution in [2.24, 2.45) is 11.8 Å². The lowest BCUT2D eigenvalue weighted by Crippen LogP contribution is -2.22. The van der Waals surface area contributed by atoms with Gasteiger partial charge in [0.15, 0.2) is 0 Å². The van der Waals surface area contributed by atoms with E-state index in [0.717, 1.165) is 36.4 Å². The highest BCUT2D eigenvalue weighted by molar-refractivity contribution is 5.47. The van der Waals surface area contributed by atoms with E-state index in [9.17, 15) is 0 Å². The molecule has 2 aromatic rings. The third kappa shape index (κ3) is 1.33. The van der Waals surface area contributed by atoms with Crippen LogP contribution in [0.1, 0.15) is 5.69 Å². The minimum absolute atomic E-state index is 0.588. The Hall–Kier alpha value is -1.69. The molecule has 0 radical (unpaired) electrons. The van der Waals surface area contributed by atoms with Crippen molar-refractivity contribution < 1.29 is 0 Å². The second kappa shape index (κ2) is 3.16. The summed E-state index contributed by atoms with van der Waals surface area (Å²) in [6, 6.07) is 2.62. The summed E-state index contributed by atoms with van der Waals surface area (Å²) in [6.07, 6.45) is 1.54. The maximum absolute atomic E-state index is 4.33. The highest BCUT2D eigenvalue weighted by Crippen LogP contribution is 2.43. The number of aromatic nitrogens is 4. The molecule has 1 aliphatic heterocycles. The first-order chi connectivity index (χ1) is 8.33. The van der Waals surface area contributed by atoms with Crippen molar-refractivity contribution >= 4 is 11.6 Å². The number of piperidine rings is 1. The second-order valence-electron chi connectivity index (χ2n) is 4.91. The molecule has 0 bridgehead atoms. The summed E-state index contributed by atoms with van der Waals surface area (Å²) in [7, 11) is 0. The number of fused-ring (bicyclic) bond motifs is 2. The SMILES string of the molecule is Cc1cc(NC2C3CNCC32)n2ncnc2n1. The highest BCUT2D eigenvalue weighted by Gasteiger charge is 2.53. The fourth-order valence-electron chi connectivity index (χ4n) is 2.84. The Morgan fingerprint density at radius 1 is 1.41 bits per heavy atom. The molecular formula is C11H14N6. The van der Waals surface area contributed by atoms with Gasteiger partial charge in [0.1, 0.15) is 12.1 Å². The van der Waals surface area contributed by atoms with Crippen molar-refractivity contribution in [1.29, 1.82) is 0 Å². The minimum atomic E-state index is 0.588. The van der Waals surface area contributed by atoms with E-state index in [4.69, 9.17) is 0 Å². The third-order valence-electron chi connectivity index (χ3n) is 3.79. The van der Waals surface area contributed by atoms with Crippen LogP contribution in [0.25, 0.3) is 5.78 Å². The molecule has 6 heteroatoms. The number of nitrogens with one attached hydrogen (secondary N) is 2. The molecule has 17 heavy (non-hydrogen) atoms. The summed E-state index contributed by atoms with van der Waals surface area (Å²) in [5.41, 5.74) is 0.969. The van der Waals surface area contributed by atoms with Crippen LogP contribution in [-0.2, 0) is 0 Å². The van der Waals surface area contributed by atoms with E-state index < -0.39 is 0 Å². The Kier molecular flexibility index (Phi) is 1.74. The van der Waals surface area contributed by atoms with E-state index in [0.29, 0.717) is 11.8 Å². The predicted octanol–water partition coefficient (Wildman–Crippen LogP) is 0.0624. The lowest BCUT2D eigenvalue weighted by molar-refractivity contribution is 0.693. The van der Waals surface area contributed by atoms with Crippen molar-refractivity contribution in [1.82, 2.24) is 24.9 Å². The fourth-order valence-corrected chi connectivity index (χ4v) is 2.84. The number of nitrogens with zero attached hydrogens (tertiary/aromatic N) is 4. The summed E-state index contributed by atoms with van der Waals surface area (Å²) >= 11 is 0. The molecule has 2 unspecified atom stereocenters. The molecule has 0 amide bonds. The average Bonchev–Trinajstić information content (AvgIpc) is 2.77. The average molecular weight is 230 g/mol. The fraction of sp³-hybridized carbons (Fsp3) is 0.545. The molecule has 1 saturated carbocycles. The first-order valence-electron chi connectivity index (χ1n) is 5.97. The number of hydrogen-bond acceptors (Lipinski definition) is 5. The zero-order chi connectivity index (χ0) is 11.4. The van der Waals surface area contributed by atoms with Crippen LogP contribution in [0, 0.1) is 18.8 Å². The summed E-state index contributed by atoms with van der Waals surface area (Å²) < 4.78 is 1.77. The smallest absolute Gasteiger partial charge is 0.254 e. The zero-order valence-corrected chi connectivity index (χ0v) is 9.59. The van der Waals surface area contributed by atoms with Gasteiger partial charge < -0.3 is 10.6 Å². The van der Waals surface area contributed by atoms with Gasteiger partial charge in [0.25, 0.3) is 5.78 Å². The normalized spacial score (nSPS) is 30.5. The van der Waals surface area contributed by atoms with Gasteiger partial charge in [-0.25, -0.2) is 4.98 Å². The van der Waals surface area contributed by atoms with Gasteiger partial charge in [-0.05, 0) is 18.8 Å². The van der Waals surface area contributed by atoms with Gasteiger partial charge in [-0.3, -0.25) is 0 Å². The van der Waals surface area contributed by atoms with E-state index in [1.165, 1.54) is 0 Å². The molecule has 0 aromatic carbocycles. The van der Waals surface area contributed by atoms with Crippen LogP contribution in [0.4, 0.5) is 5.82 Å². The molecule has 2 atom stereocenters. The Balaban J connectivity index is 1.68. The standard InChI is InChI=1S/C11H14N6/c1-6-2-9(17-11(15-6)13-5-14-17)16-10-7-3-12-4-8(7)10/h2,5,7-8,10,12,16H,3-4H2,1H3. The Bertz CT molecular complexity index is 566. The molecule has 2 aromatic heterocycles. The van der Waals surface area contributed by atoms with Gasteiger partial charge in [-0.1, -0.05) is 0 Å². The largest absolute Gasteiger partial charge is 0.366 e. The quantitative estimate of drug-likeness (QED) is 0.763. The van der Waals surface area contributed by atoms with Crippen molar-refractivity contribution in [2.75, 3.05) is 18.4 Å². The number of hydrogen-bond donors (Lipinski definition) is 2. The van der Waals surface area contributed by atoms with Crippen LogP contribution in [0.3, 0.4) is 0 Å². The van der Waals surface area contributed by atoms with Gasteiger partial charge >= 0.3 is 0 Å². The molecule has 2 fully saturated rings. The molecule has 1 aliphatic carbocycles. The summed E-state index contributed by atoms with van der Waals surface area (Å²) in [4.78, 5) is 8.46. The van der Waals surface area contributed by atoms with Crippen LogP contribution in [0.5, 0.6) is 0 Å². The summed E-state index contributed by atoms with van der Waals surface area (Å²) in [5.74, 6) is 3.23. The van der Waals surface area contributed by atoms with Gasteiger partial charge in [0.05, 0.1) is 0 Å². The van der Waals surface area contributed by atoms with Crippen molar-refractivity contribution in [2.45, 2.75) is 13.0 Å². The van der Waals surface area contributed by atoms with E-state index in [1.54, 1.807) is 10.8 Å². The number of aryl methyl sites for hydroxylation is 1. The van der Waals surface area contributed by atoms with E-state index >= 15 is 0 Å². The lowest BCUT2D eigenvalue weighted by Gasteiger charge is -2.10. The molecule has 4 rings (SSSR count). The molecule has 2 aliphatic rings. The van der Waals surface area contributed by atoms with Crippen LogP contribution in [0.2, 0.25) is 0 Å². The van der Waals surface area contributed by atoms with Crippen molar-refractivity contribution in [3.8, 4) is 0 Å². The van der Waals surface area contributed by atoms with Gasteiger partial charge in [0, 0.05) is 30.9 Å². The molecule has 3 heterocycles. The van der Waals surface area contributed by atoms with Crippen molar-refractivity contribution in [3.05, 3.63) is 18.1 Å². The second-order valence-corrected chi connectivity index (χ2v) is 4.91. The first-order valence-corrected chi connectivity index (χ1v) is 5.97. The summed E-state index contributed by atoms with van der Waals surface area (Å²) in [5, 5.41) is 11.2. The van der Waals surface area contributed by atoms with Crippen molar-refractivity contribution in [3.63, 3.8) is 0 Å². The number of anilines is 1. The van der Waals surface area contributed by atoms with Gasteiger partial charge in [-0.15, -0.1) is 0 Å². The number of rotatable bonds is 2. The third-order valence-corrected chi connectivity index (χ3v) is 3.79. The first kappa shape index (κ1) is 9.35. The Labute approximate surface area is 98.5 Å². The molecule has 2 N–H and O–H groups in total.